The number of nitrogens with zero attached hydrogens (tertiary/aromatic N) is 4. The van der Waals surface area contributed by atoms with Crippen LogP contribution in [0.5, 0.6) is 0 Å². The molecule has 0 radical (unpaired) electrons. The maximum absolute atomic E-state index is 14.3. The fourth-order valence-corrected chi connectivity index (χ4v) is 4.69. The molecule has 1 atom stereocenters. The predicted octanol–water partition coefficient (Wildman–Crippen LogP) is 4.76. The molecule has 1 fully saturated rings. The summed E-state index contributed by atoms with van der Waals surface area (Å²) in [4.78, 5) is 26.9. The van der Waals surface area contributed by atoms with E-state index in [9.17, 15) is 14.0 Å². The number of benzene rings is 2. The molecule has 10 heteroatoms. The lowest BCUT2D eigenvalue weighted by Crippen LogP contribution is -2.42. The van der Waals surface area contributed by atoms with Gasteiger partial charge in [0.05, 0.1) is 18.3 Å². The second-order valence-electron chi connectivity index (χ2n) is 8.30. The molecule has 0 aliphatic carbocycles. The van der Waals surface area contributed by atoms with Gasteiger partial charge in [-0.1, -0.05) is 35.3 Å². The summed E-state index contributed by atoms with van der Waals surface area (Å²) >= 11 is 11.8. The van der Waals surface area contributed by atoms with Gasteiger partial charge in [-0.2, -0.15) is 0 Å². The Morgan fingerprint density at radius 2 is 1.79 bits per heavy atom. The second kappa shape index (κ2) is 8.85. The number of aryl methyl sites for hydroxylation is 1. The third kappa shape index (κ3) is 3.97. The van der Waals surface area contributed by atoms with Gasteiger partial charge >= 0.3 is 0 Å². The Balaban J connectivity index is 1.47. The van der Waals surface area contributed by atoms with E-state index >= 15 is 0 Å². The molecule has 34 heavy (non-hydrogen) atoms. The van der Waals surface area contributed by atoms with Crippen LogP contribution in [0, 0.1) is 12.7 Å². The molecule has 3 aromatic carbocycles. The fourth-order valence-electron chi connectivity index (χ4n) is 4.41. The van der Waals surface area contributed by atoms with Crippen molar-refractivity contribution < 1.29 is 4.39 Å². The van der Waals surface area contributed by atoms with Gasteiger partial charge in [0, 0.05) is 16.6 Å². The van der Waals surface area contributed by atoms with E-state index in [4.69, 9.17) is 23.2 Å². The molecule has 1 saturated heterocycles. The van der Waals surface area contributed by atoms with E-state index in [-0.39, 0.29) is 28.1 Å². The van der Waals surface area contributed by atoms with Crippen molar-refractivity contribution in [3.8, 4) is 0 Å². The predicted molar refractivity (Wildman–Crippen MR) is 131 cm³/mol. The number of hydrogen-bond donors (Lipinski definition) is 1. The summed E-state index contributed by atoms with van der Waals surface area (Å²) in [6.45, 7) is 2.99. The Labute approximate surface area is 204 Å². The summed E-state index contributed by atoms with van der Waals surface area (Å²) < 4.78 is 16.3. The lowest BCUT2D eigenvalue weighted by molar-refractivity contribution is 0.601. The molecule has 1 N–H and O–H groups in total. The zero-order chi connectivity index (χ0) is 24.0. The van der Waals surface area contributed by atoms with Crippen LogP contribution in [-0.2, 0) is 6.54 Å². The monoisotopic (exact) mass is 499 g/mol. The first kappa shape index (κ1) is 22.6. The first-order chi connectivity index (χ1) is 16.3. The number of aromatic nitrogens is 3. The highest BCUT2D eigenvalue weighted by Gasteiger charge is 2.37. The third-order valence-corrected chi connectivity index (χ3v) is 6.62. The van der Waals surface area contributed by atoms with Gasteiger partial charge in [-0.05, 0) is 55.7 Å². The maximum Gasteiger partial charge on any atom is 0.253 e. The fraction of sp³-hybridized carbons (Fsp3) is 0.250. The van der Waals surface area contributed by atoms with Crippen molar-refractivity contribution in [1.29, 1.82) is 0 Å². The van der Waals surface area contributed by atoms with Crippen LogP contribution in [0.25, 0.3) is 0 Å². The zero-order valence-electron chi connectivity index (χ0n) is 18.2. The highest BCUT2D eigenvalue weighted by Crippen LogP contribution is 2.38. The van der Waals surface area contributed by atoms with Crippen LogP contribution < -0.4 is 21.1 Å². The first-order valence-electron chi connectivity index (χ1n) is 10.8. The maximum atomic E-state index is 14.3. The lowest BCUT2D eigenvalue weighted by Gasteiger charge is -2.29. The molecule has 4 aromatic rings. The standard InChI is InChI=1S/C24H20Cl2FN5O2/c1-13-29-30-24(32(13)12-14-4-6-15(25)7-5-14)19-3-2-10-31(19)21-20(22(33)23(21)34)28-18-9-8-16(26)11-17(18)27/h4-9,11,19,28H,2-3,10,12H2,1H3. The molecular formula is C24H20Cl2FN5O2. The quantitative estimate of drug-likeness (QED) is 0.385. The Morgan fingerprint density at radius 3 is 2.53 bits per heavy atom. The summed E-state index contributed by atoms with van der Waals surface area (Å²) in [7, 11) is 0. The highest BCUT2D eigenvalue weighted by atomic mass is 35.5. The van der Waals surface area contributed by atoms with Gasteiger partial charge in [-0.3, -0.25) is 9.59 Å². The van der Waals surface area contributed by atoms with Crippen molar-refractivity contribution in [2.75, 3.05) is 16.8 Å². The molecule has 0 bridgehead atoms. The molecule has 0 spiro atoms. The third-order valence-electron chi connectivity index (χ3n) is 6.13. The van der Waals surface area contributed by atoms with Crippen molar-refractivity contribution in [2.45, 2.75) is 32.4 Å². The molecular weight excluding hydrogens is 480 g/mol. The summed E-state index contributed by atoms with van der Waals surface area (Å²) in [5.41, 5.74) is 0.181. The second-order valence-corrected chi connectivity index (χ2v) is 9.17. The smallest absolute Gasteiger partial charge is 0.253 e. The average molecular weight is 500 g/mol. The first-order valence-corrected chi connectivity index (χ1v) is 11.5. The van der Waals surface area contributed by atoms with Crippen LogP contribution in [0.3, 0.4) is 0 Å². The van der Waals surface area contributed by atoms with Crippen LogP contribution in [0.4, 0.5) is 21.5 Å². The van der Waals surface area contributed by atoms with Crippen molar-refractivity contribution in [3.05, 3.63) is 96.0 Å². The van der Waals surface area contributed by atoms with Crippen LogP contribution in [-0.4, -0.2) is 21.3 Å². The van der Waals surface area contributed by atoms with Gasteiger partial charge < -0.3 is 14.8 Å². The van der Waals surface area contributed by atoms with Gasteiger partial charge in [0.15, 0.2) is 5.82 Å². The minimum atomic E-state index is -0.672. The molecule has 7 nitrogen and oxygen atoms in total. The average Bonchev–Trinajstić information content (AvgIpc) is 3.42. The van der Waals surface area contributed by atoms with Crippen LogP contribution >= 0.6 is 23.2 Å². The molecule has 1 unspecified atom stereocenters. The Hall–Kier alpha value is -3.23. The highest BCUT2D eigenvalue weighted by molar-refractivity contribution is 6.30. The van der Waals surface area contributed by atoms with Gasteiger partial charge in [0.1, 0.15) is 23.0 Å². The Bertz CT molecular complexity index is 1440. The Kier molecular flexibility index (Phi) is 5.87. The minimum Gasteiger partial charge on any atom is -0.356 e. The van der Waals surface area contributed by atoms with E-state index in [1.165, 1.54) is 12.1 Å². The minimum absolute atomic E-state index is 0.0789. The zero-order valence-corrected chi connectivity index (χ0v) is 19.7. The van der Waals surface area contributed by atoms with Crippen molar-refractivity contribution in [1.82, 2.24) is 14.8 Å². The number of rotatable bonds is 6. The van der Waals surface area contributed by atoms with Crippen LogP contribution in [0.1, 0.15) is 36.1 Å². The van der Waals surface area contributed by atoms with Crippen LogP contribution in [0.2, 0.25) is 10.0 Å². The SMILES string of the molecule is Cc1nnc(C2CCCN2c2c(Nc3ccc(Cl)cc3F)c(=O)c2=O)n1Cc1ccc(Cl)cc1. The number of halogens is 3. The molecule has 174 valence electrons. The van der Waals surface area contributed by atoms with Gasteiger partial charge in [0.25, 0.3) is 10.9 Å². The van der Waals surface area contributed by atoms with Crippen molar-refractivity contribution in [2.24, 2.45) is 0 Å². The molecule has 1 aliphatic heterocycles. The van der Waals surface area contributed by atoms with Gasteiger partial charge in [0.2, 0.25) is 0 Å². The largest absolute Gasteiger partial charge is 0.356 e. The number of nitrogens with one attached hydrogen (secondary N) is 1. The molecule has 2 heterocycles. The summed E-state index contributed by atoms with van der Waals surface area (Å²) in [6.07, 6.45) is 1.55. The topological polar surface area (TPSA) is 80.1 Å². The van der Waals surface area contributed by atoms with Crippen molar-refractivity contribution in [3.63, 3.8) is 0 Å². The van der Waals surface area contributed by atoms with Gasteiger partial charge in [-0.15, -0.1) is 10.2 Å². The molecule has 1 aliphatic rings. The number of anilines is 3. The van der Waals surface area contributed by atoms with Crippen molar-refractivity contribution >= 4 is 40.3 Å². The van der Waals surface area contributed by atoms with E-state index in [0.29, 0.717) is 23.9 Å². The molecule has 0 saturated carbocycles. The normalized spacial score (nSPS) is 15.9. The van der Waals surface area contributed by atoms with E-state index in [1.54, 1.807) is 0 Å². The molecule has 1 aromatic heterocycles. The summed E-state index contributed by atoms with van der Waals surface area (Å²) in [5, 5.41) is 12.4. The summed E-state index contributed by atoms with van der Waals surface area (Å²) in [5.74, 6) is 0.841. The lowest BCUT2D eigenvalue weighted by atomic mass is 10.1. The Morgan fingerprint density at radius 1 is 1.06 bits per heavy atom. The van der Waals surface area contributed by atoms with Crippen LogP contribution in [0.15, 0.2) is 52.1 Å². The van der Waals surface area contributed by atoms with E-state index in [0.717, 1.165) is 30.3 Å². The number of hydrogen-bond acceptors (Lipinski definition) is 6. The van der Waals surface area contributed by atoms with E-state index < -0.39 is 16.7 Å². The summed E-state index contributed by atoms with van der Waals surface area (Å²) in [6, 6.07) is 11.4. The van der Waals surface area contributed by atoms with E-state index in [2.05, 4.69) is 15.5 Å². The van der Waals surface area contributed by atoms with Gasteiger partial charge in [-0.25, -0.2) is 4.39 Å². The molecule has 5 rings (SSSR count). The van der Waals surface area contributed by atoms with E-state index in [1.807, 2.05) is 40.7 Å². The molecule has 0 amide bonds.